The molecule has 0 fully saturated rings. The predicted octanol–water partition coefficient (Wildman–Crippen LogP) is 1.53. The van der Waals surface area contributed by atoms with E-state index < -0.39 is 5.41 Å². The summed E-state index contributed by atoms with van der Waals surface area (Å²) in [6.45, 7) is 5.90. The van der Waals surface area contributed by atoms with Gasteiger partial charge in [0, 0.05) is 31.7 Å². The zero-order chi connectivity index (χ0) is 16.0. The van der Waals surface area contributed by atoms with Crippen LogP contribution in [0.2, 0.25) is 0 Å². The zero-order valence-electron chi connectivity index (χ0n) is 13.5. The maximum atomic E-state index is 11.7. The van der Waals surface area contributed by atoms with E-state index in [4.69, 9.17) is 0 Å². The van der Waals surface area contributed by atoms with E-state index in [1.807, 2.05) is 64.0 Å². The van der Waals surface area contributed by atoms with E-state index in [1.165, 1.54) is 0 Å². The molecular weight excluding hydrogens is 266 g/mol. The molecule has 2 amide bonds. The molecule has 5 heteroatoms. The van der Waals surface area contributed by atoms with Crippen LogP contribution in [-0.2, 0) is 16.1 Å². The highest BCUT2D eigenvalue weighted by Crippen LogP contribution is 2.12. The molecule has 0 aliphatic rings. The predicted molar refractivity (Wildman–Crippen MR) is 85.1 cm³/mol. The number of hydrogen-bond donors (Lipinski definition) is 2. The molecule has 5 nitrogen and oxygen atoms in total. The van der Waals surface area contributed by atoms with Crippen LogP contribution >= 0.6 is 0 Å². The number of rotatable bonds is 5. The highest BCUT2D eigenvalue weighted by atomic mass is 16.2. The molecule has 0 unspecified atom stereocenters. The van der Waals surface area contributed by atoms with E-state index in [9.17, 15) is 9.59 Å². The number of amides is 2. The van der Waals surface area contributed by atoms with Gasteiger partial charge in [-0.1, -0.05) is 32.9 Å². The van der Waals surface area contributed by atoms with Crippen LogP contribution < -0.4 is 15.5 Å². The minimum absolute atomic E-state index is 0.00584. The first-order valence-corrected chi connectivity index (χ1v) is 7.01. The van der Waals surface area contributed by atoms with Crippen LogP contribution in [0.4, 0.5) is 5.69 Å². The lowest BCUT2D eigenvalue weighted by Crippen LogP contribution is -2.41. The van der Waals surface area contributed by atoms with Crippen molar-refractivity contribution in [3.63, 3.8) is 0 Å². The van der Waals surface area contributed by atoms with E-state index >= 15 is 0 Å². The van der Waals surface area contributed by atoms with Crippen molar-refractivity contribution < 1.29 is 9.59 Å². The molecule has 0 aromatic heterocycles. The van der Waals surface area contributed by atoms with E-state index in [0.29, 0.717) is 6.54 Å². The van der Waals surface area contributed by atoms with Crippen molar-refractivity contribution >= 4 is 17.5 Å². The average molecular weight is 291 g/mol. The second-order valence-electron chi connectivity index (χ2n) is 6.27. The molecule has 1 aromatic carbocycles. The van der Waals surface area contributed by atoms with Crippen molar-refractivity contribution in [1.29, 1.82) is 0 Å². The molecule has 0 bridgehead atoms. The Morgan fingerprint density at radius 2 is 1.62 bits per heavy atom. The lowest BCUT2D eigenvalue weighted by molar-refractivity contribution is -0.131. The third-order valence-corrected chi connectivity index (χ3v) is 3.03. The fourth-order valence-electron chi connectivity index (χ4n) is 1.60. The number of carbonyl (C=O) groups is 2. The average Bonchev–Trinajstić information content (AvgIpc) is 2.41. The van der Waals surface area contributed by atoms with Crippen LogP contribution in [0.3, 0.4) is 0 Å². The van der Waals surface area contributed by atoms with Crippen molar-refractivity contribution in [3.8, 4) is 0 Å². The summed E-state index contributed by atoms with van der Waals surface area (Å²) in [6.07, 6.45) is 0. The summed E-state index contributed by atoms with van der Waals surface area (Å²) in [5.41, 5.74) is 1.65. The summed E-state index contributed by atoms with van der Waals surface area (Å²) in [7, 11) is 3.96. The minimum Gasteiger partial charge on any atom is -0.378 e. The topological polar surface area (TPSA) is 61.4 Å². The van der Waals surface area contributed by atoms with Crippen molar-refractivity contribution in [2.45, 2.75) is 27.3 Å². The Balaban J connectivity index is 2.38. The van der Waals surface area contributed by atoms with Gasteiger partial charge < -0.3 is 15.5 Å². The summed E-state index contributed by atoms with van der Waals surface area (Å²) in [4.78, 5) is 25.4. The molecule has 0 aliphatic heterocycles. The van der Waals surface area contributed by atoms with Crippen molar-refractivity contribution in [2.75, 3.05) is 25.5 Å². The SMILES string of the molecule is CN(C)c1ccc(CNC(=O)CNC(=O)C(C)(C)C)cc1. The van der Waals surface area contributed by atoms with Gasteiger partial charge in [0.05, 0.1) is 6.54 Å². The molecule has 0 heterocycles. The minimum atomic E-state index is -0.484. The second kappa shape index (κ2) is 7.11. The molecule has 0 saturated heterocycles. The van der Waals surface area contributed by atoms with Crippen molar-refractivity contribution in [3.05, 3.63) is 29.8 Å². The first kappa shape index (κ1) is 17.0. The lowest BCUT2D eigenvalue weighted by atomic mass is 9.96. The van der Waals surface area contributed by atoms with Crippen LogP contribution in [0.5, 0.6) is 0 Å². The molecule has 0 radical (unpaired) electrons. The first-order valence-electron chi connectivity index (χ1n) is 7.01. The van der Waals surface area contributed by atoms with Gasteiger partial charge in [0.25, 0.3) is 0 Å². The van der Waals surface area contributed by atoms with Crippen LogP contribution in [-0.4, -0.2) is 32.5 Å². The Morgan fingerprint density at radius 1 is 1.05 bits per heavy atom. The zero-order valence-corrected chi connectivity index (χ0v) is 13.5. The normalized spacial score (nSPS) is 10.9. The van der Waals surface area contributed by atoms with Crippen LogP contribution in [0.1, 0.15) is 26.3 Å². The fourth-order valence-corrected chi connectivity index (χ4v) is 1.60. The van der Waals surface area contributed by atoms with Gasteiger partial charge in [-0.15, -0.1) is 0 Å². The monoisotopic (exact) mass is 291 g/mol. The standard InChI is InChI=1S/C16H25N3O2/c1-16(2,3)15(21)18-11-14(20)17-10-12-6-8-13(9-7-12)19(4)5/h6-9H,10-11H2,1-5H3,(H,17,20)(H,18,21). The fraction of sp³-hybridized carbons (Fsp3) is 0.500. The number of nitrogens with zero attached hydrogens (tertiary/aromatic N) is 1. The summed E-state index contributed by atoms with van der Waals surface area (Å²) >= 11 is 0. The Labute approximate surface area is 126 Å². The number of benzene rings is 1. The quantitative estimate of drug-likeness (QED) is 0.865. The highest BCUT2D eigenvalue weighted by molar-refractivity contribution is 5.87. The van der Waals surface area contributed by atoms with Crippen LogP contribution in [0.15, 0.2) is 24.3 Å². The van der Waals surface area contributed by atoms with Gasteiger partial charge in [0.1, 0.15) is 0 Å². The number of anilines is 1. The molecule has 0 spiro atoms. The number of nitrogens with one attached hydrogen (secondary N) is 2. The number of carbonyl (C=O) groups excluding carboxylic acids is 2. The Morgan fingerprint density at radius 3 is 2.10 bits per heavy atom. The van der Waals surface area contributed by atoms with E-state index in [1.54, 1.807) is 0 Å². The molecule has 0 saturated carbocycles. The molecule has 2 N–H and O–H groups in total. The Bertz CT molecular complexity index is 487. The van der Waals surface area contributed by atoms with Crippen LogP contribution in [0.25, 0.3) is 0 Å². The third kappa shape index (κ3) is 5.85. The van der Waals surface area contributed by atoms with Gasteiger partial charge in [0.2, 0.25) is 11.8 Å². The summed E-state index contributed by atoms with van der Waals surface area (Å²) in [6, 6.07) is 7.96. The Kier molecular flexibility index (Phi) is 5.76. The Hall–Kier alpha value is -2.04. The summed E-state index contributed by atoms with van der Waals surface area (Å²) < 4.78 is 0. The van der Waals surface area contributed by atoms with Gasteiger partial charge in [-0.25, -0.2) is 0 Å². The maximum absolute atomic E-state index is 11.7. The molecule has 116 valence electrons. The smallest absolute Gasteiger partial charge is 0.239 e. The van der Waals surface area contributed by atoms with Crippen LogP contribution in [0, 0.1) is 5.41 Å². The summed E-state index contributed by atoms with van der Waals surface area (Å²) in [5.74, 6) is -0.322. The maximum Gasteiger partial charge on any atom is 0.239 e. The van der Waals surface area contributed by atoms with Crippen molar-refractivity contribution in [2.24, 2.45) is 5.41 Å². The molecular formula is C16H25N3O2. The van der Waals surface area contributed by atoms with Crippen molar-refractivity contribution in [1.82, 2.24) is 10.6 Å². The molecule has 1 aromatic rings. The highest BCUT2D eigenvalue weighted by Gasteiger charge is 2.21. The first-order chi connectivity index (χ1) is 9.70. The third-order valence-electron chi connectivity index (χ3n) is 3.03. The van der Waals surface area contributed by atoms with E-state index in [2.05, 4.69) is 10.6 Å². The van der Waals surface area contributed by atoms with Gasteiger partial charge >= 0.3 is 0 Å². The van der Waals surface area contributed by atoms with E-state index in [-0.39, 0.29) is 18.4 Å². The van der Waals surface area contributed by atoms with E-state index in [0.717, 1.165) is 11.3 Å². The molecule has 21 heavy (non-hydrogen) atoms. The summed E-state index contributed by atoms with van der Waals surface area (Å²) in [5, 5.41) is 5.41. The molecule has 0 aliphatic carbocycles. The largest absolute Gasteiger partial charge is 0.378 e. The van der Waals surface area contributed by atoms with Gasteiger partial charge in [0.15, 0.2) is 0 Å². The second-order valence-corrected chi connectivity index (χ2v) is 6.27. The number of hydrogen-bond acceptors (Lipinski definition) is 3. The lowest BCUT2D eigenvalue weighted by Gasteiger charge is -2.17. The molecule has 0 atom stereocenters. The van der Waals surface area contributed by atoms with Gasteiger partial charge in [-0.3, -0.25) is 9.59 Å². The van der Waals surface area contributed by atoms with Gasteiger partial charge in [-0.05, 0) is 17.7 Å². The van der Waals surface area contributed by atoms with Gasteiger partial charge in [-0.2, -0.15) is 0 Å². The molecule has 1 rings (SSSR count).